The molecular weight excluding hydrogens is 262 g/mol. The summed E-state index contributed by atoms with van der Waals surface area (Å²) in [5, 5.41) is 3.55. The number of piperidine rings is 1. The Bertz CT molecular complexity index is 444. The van der Waals surface area contributed by atoms with Gasteiger partial charge < -0.3 is 16.0 Å². The zero-order chi connectivity index (χ0) is 13.8. The fourth-order valence-electron chi connectivity index (χ4n) is 2.47. The van der Waals surface area contributed by atoms with E-state index in [4.69, 9.17) is 17.3 Å². The summed E-state index contributed by atoms with van der Waals surface area (Å²) in [5.41, 5.74) is 6.74. The van der Waals surface area contributed by atoms with Gasteiger partial charge in [0.15, 0.2) is 0 Å². The molecule has 1 amide bonds. The summed E-state index contributed by atoms with van der Waals surface area (Å²) in [6, 6.07) is 5.15. The normalized spacial score (nSPS) is 20.2. The highest BCUT2D eigenvalue weighted by atomic mass is 35.5. The molecule has 1 aromatic carbocycles. The Balaban J connectivity index is 2.00. The van der Waals surface area contributed by atoms with Gasteiger partial charge in [-0.1, -0.05) is 18.5 Å². The van der Waals surface area contributed by atoms with E-state index in [0.717, 1.165) is 32.5 Å². The van der Waals surface area contributed by atoms with Crippen LogP contribution >= 0.6 is 11.6 Å². The van der Waals surface area contributed by atoms with Crippen LogP contribution in [0.5, 0.6) is 0 Å². The predicted molar refractivity (Wildman–Crippen MR) is 78.5 cm³/mol. The number of anilines is 1. The average molecular weight is 282 g/mol. The number of likely N-dealkylation sites (tertiary alicyclic amines) is 1. The molecule has 5 heteroatoms. The van der Waals surface area contributed by atoms with Crippen LogP contribution in [0.3, 0.4) is 0 Å². The third-order valence-corrected chi connectivity index (χ3v) is 3.69. The fourth-order valence-corrected chi connectivity index (χ4v) is 2.72. The Morgan fingerprint density at radius 2 is 2.32 bits per heavy atom. The van der Waals surface area contributed by atoms with Gasteiger partial charge in [-0.2, -0.15) is 0 Å². The minimum Gasteiger partial charge on any atom is -0.399 e. The average Bonchev–Trinajstić information content (AvgIpc) is 2.37. The van der Waals surface area contributed by atoms with Gasteiger partial charge in [-0.3, -0.25) is 4.79 Å². The molecule has 4 nitrogen and oxygen atoms in total. The van der Waals surface area contributed by atoms with E-state index in [1.165, 1.54) is 0 Å². The molecule has 1 aliphatic rings. The van der Waals surface area contributed by atoms with Crippen molar-refractivity contribution in [3.05, 3.63) is 28.8 Å². The maximum absolute atomic E-state index is 12.2. The van der Waals surface area contributed by atoms with Crippen LogP contribution in [0.4, 0.5) is 5.69 Å². The number of halogens is 1. The number of rotatable bonds is 3. The van der Waals surface area contributed by atoms with Crippen LogP contribution < -0.4 is 11.1 Å². The van der Waals surface area contributed by atoms with Crippen molar-refractivity contribution in [3.63, 3.8) is 0 Å². The zero-order valence-electron chi connectivity index (χ0n) is 11.2. The van der Waals surface area contributed by atoms with Crippen molar-refractivity contribution in [1.29, 1.82) is 0 Å². The zero-order valence-corrected chi connectivity index (χ0v) is 11.9. The number of nitrogens with two attached hydrogens (primary N) is 1. The van der Waals surface area contributed by atoms with Crippen molar-refractivity contribution in [1.82, 2.24) is 10.2 Å². The van der Waals surface area contributed by atoms with E-state index in [9.17, 15) is 4.79 Å². The lowest BCUT2D eigenvalue weighted by atomic mass is 10.0. The lowest BCUT2D eigenvalue weighted by Gasteiger charge is -2.32. The summed E-state index contributed by atoms with van der Waals surface area (Å²) in [6.45, 7) is 5.20. The second-order valence-electron chi connectivity index (χ2n) is 4.98. The number of carbonyl (C=O) groups excluding carboxylic acids is 1. The van der Waals surface area contributed by atoms with Crippen LogP contribution in [0.15, 0.2) is 18.2 Å². The van der Waals surface area contributed by atoms with E-state index in [2.05, 4.69) is 17.1 Å². The molecule has 0 spiro atoms. The first-order chi connectivity index (χ1) is 9.08. The Morgan fingerprint density at radius 1 is 1.53 bits per heavy atom. The topological polar surface area (TPSA) is 58.4 Å². The molecule has 1 atom stereocenters. The summed E-state index contributed by atoms with van der Waals surface area (Å²) in [5.74, 6) is -0.0999. The highest BCUT2D eigenvalue weighted by Gasteiger charge is 2.20. The lowest BCUT2D eigenvalue weighted by Crippen LogP contribution is -2.47. The molecule has 104 valence electrons. The molecule has 19 heavy (non-hydrogen) atoms. The monoisotopic (exact) mass is 281 g/mol. The molecule has 1 heterocycles. The standard InChI is InChI=1S/C14H20ClN3O/c1-2-18-5-3-4-13(9-18)17-14(19)10-6-11(15)8-12(16)7-10/h6-8,13H,2-5,9,16H2,1H3,(H,17,19). The van der Waals surface area contributed by atoms with E-state index in [1.54, 1.807) is 18.2 Å². The second-order valence-corrected chi connectivity index (χ2v) is 5.42. The van der Waals surface area contributed by atoms with Gasteiger partial charge in [0.2, 0.25) is 0 Å². The number of hydrogen-bond acceptors (Lipinski definition) is 3. The van der Waals surface area contributed by atoms with Gasteiger partial charge in [-0.25, -0.2) is 0 Å². The van der Waals surface area contributed by atoms with Crippen molar-refractivity contribution in [3.8, 4) is 0 Å². The number of likely N-dealkylation sites (N-methyl/N-ethyl adjacent to an activating group) is 1. The quantitative estimate of drug-likeness (QED) is 0.835. The minimum absolute atomic E-state index is 0.0999. The maximum atomic E-state index is 12.2. The van der Waals surface area contributed by atoms with E-state index in [-0.39, 0.29) is 11.9 Å². The van der Waals surface area contributed by atoms with Crippen LogP contribution in [0, 0.1) is 0 Å². The molecule has 0 radical (unpaired) electrons. The van der Waals surface area contributed by atoms with Crippen molar-refractivity contribution >= 4 is 23.2 Å². The van der Waals surface area contributed by atoms with E-state index in [1.807, 2.05) is 0 Å². The molecule has 1 saturated heterocycles. The largest absolute Gasteiger partial charge is 0.399 e. The first-order valence-corrected chi connectivity index (χ1v) is 7.05. The summed E-state index contributed by atoms with van der Waals surface area (Å²) < 4.78 is 0. The molecule has 1 aliphatic heterocycles. The van der Waals surface area contributed by atoms with Crippen LogP contribution in [-0.2, 0) is 0 Å². The number of amides is 1. The smallest absolute Gasteiger partial charge is 0.251 e. The molecule has 1 unspecified atom stereocenters. The second kappa shape index (κ2) is 6.26. The van der Waals surface area contributed by atoms with Gasteiger partial charge >= 0.3 is 0 Å². The Labute approximate surface area is 118 Å². The number of nitrogens with one attached hydrogen (secondary N) is 1. The van der Waals surface area contributed by atoms with Crippen molar-refractivity contribution < 1.29 is 4.79 Å². The minimum atomic E-state index is -0.0999. The number of hydrogen-bond donors (Lipinski definition) is 2. The molecular formula is C14H20ClN3O. The predicted octanol–water partition coefficient (Wildman–Crippen LogP) is 2.14. The number of nitrogen functional groups attached to an aromatic ring is 1. The van der Waals surface area contributed by atoms with Gasteiger partial charge in [0.05, 0.1) is 0 Å². The third-order valence-electron chi connectivity index (χ3n) is 3.47. The van der Waals surface area contributed by atoms with Gasteiger partial charge in [0, 0.05) is 28.9 Å². The molecule has 1 aromatic rings. The summed E-state index contributed by atoms with van der Waals surface area (Å²) in [6.07, 6.45) is 2.15. The molecule has 2 rings (SSSR count). The van der Waals surface area contributed by atoms with E-state index >= 15 is 0 Å². The number of nitrogens with zero attached hydrogens (tertiary/aromatic N) is 1. The van der Waals surface area contributed by atoms with Gasteiger partial charge in [-0.15, -0.1) is 0 Å². The van der Waals surface area contributed by atoms with E-state index in [0.29, 0.717) is 16.3 Å². The van der Waals surface area contributed by atoms with Gasteiger partial charge in [0.25, 0.3) is 5.91 Å². The number of benzene rings is 1. The summed E-state index contributed by atoms with van der Waals surface area (Å²) in [7, 11) is 0. The molecule has 0 bridgehead atoms. The Morgan fingerprint density at radius 3 is 3.00 bits per heavy atom. The third kappa shape index (κ3) is 3.85. The van der Waals surface area contributed by atoms with Crippen LogP contribution in [-0.4, -0.2) is 36.5 Å². The van der Waals surface area contributed by atoms with Gasteiger partial charge in [-0.05, 0) is 44.1 Å². The Kier molecular flexibility index (Phi) is 4.66. The van der Waals surface area contributed by atoms with Crippen molar-refractivity contribution in [2.75, 3.05) is 25.4 Å². The maximum Gasteiger partial charge on any atom is 0.251 e. The summed E-state index contributed by atoms with van der Waals surface area (Å²) in [4.78, 5) is 14.5. The summed E-state index contributed by atoms with van der Waals surface area (Å²) >= 11 is 5.91. The lowest BCUT2D eigenvalue weighted by molar-refractivity contribution is 0.0906. The molecule has 0 saturated carbocycles. The van der Waals surface area contributed by atoms with E-state index < -0.39 is 0 Å². The highest BCUT2D eigenvalue weighted by molar-refractivity contribution is 6.31. The molecule has 0 aliphatic carbocycles. The first kappa shape index (κ1) is 14.2. The molecule has 3 N–H and O–H groups in total. The SMILES string of the molecule is CCN1CCCC(NC(=O)c2cc(N)cc(Cl)c2)C1. The molecule has 0 aromatic heterocycles. The van der Waals surface area contributed by atoms with Gasteiger partial charge in [0.1, 0.15) is 0 Å². The van der Waals surface area contributed by atoms with Crippen LogP contribution in [0.1, 0.15) is 30.1 Å². The van der Waals surface area contributed by atoms with Crippen molar-refractivity contribution in [2.24, 2.45) is 0 Å². The number of carbonyl (C=O) groups is 1. The van der Waals surface area contributed by atoms with Crippen LogP contribution in [0.25, 0.3) is 0 Å². The van der Waals surface area contributed by atoms with Crippen molar-refractivity contribution in [2.45, 2.75) is 25.8 Å². The fraction of sp³-hybridized carbons (Fsp3) is 0.500. The Hall–Kier alpha value is -1.26. The molecule has 1 fully saturated rings. The first-order valence-electron chi connectivity index (χ1n) is 6.67. The van der Waals surface area contributed by atoms with Crippen LogP contribution in [0.2, 0.25) is 5.02 Å². The highest BCUT2D eigenvalue weighted by Crippen LogP contribution is 2.17.